The molecule has 6 heteroatoms. The lowest BCUT2D eigenvalue weighted by molar-refractivity contribution is 0.631. The summed E-state index contributed by atoms with van der Waals surface area (Å²) >= 11 is 14.1. The molecule has 0 N–H and O–H groups in total. The SMILES string of the molecule is CCC(C)SCc1nc(Cl)c(-c2ccccc2F)c(Cl)n1. The van der Waals surface area contributed by atoms with E-state index < -0.39 is 5.82 Å². The van der Waals surface area contributed by atoms with E-state index in [9.17, 15) is 4.39 Å². The van der Waals surface area contributed by atoms with Gasteiger partial charge in [-0.2, -0.15) is 11.8 Å². The normalized spacial score (nSPS) is 12.4. The van der Waals surface area contributed by atoms with Crippen molar-refractivity contribution in [2.24, 2.45) is 0 Å². The van der Waals surface area contributed by atoms with Crippen molar-refractivity contribution in [1.29, 1.82) is 0 Å². The van der Waals surface area contributed by atoms with Gasteiger partial charge in [0.1, 0.15) is 21.9 Å². The highest BCUT2D eigenvalue weighted by Crippen LogP contribution is 2.34. The van der Waals surface area contributed by atoms with E-state index in [1.165, 1.54) is 6.07 Å². The fourth-order valence-electron chi connectivity index (χ4n) is 1.73. The first-order valence-electron chi connectivity index (χ1n) is 6.61. The molecule has 0 bridgehead atoms. The van der Waals surface area contributed by atoms with Crippen LogP contribution in [-0.2, 0) is 5.75 Å². The lowest BCUT2D eigenvalue weighted by Crippen LogP contribution is -2.01. The van der Waals surface area contributed by atoms with Crippen LogP contribution in [0.3, 0.4) is 0 Å². The maximum absolute atomic E-state index is 13.9. The van der Waals surface area contributed by atoms with Gasteiger partial charge in [-0.25, -0.2) is 14.4 Å². The van der Waals surface area contributed by atoms with Gasteiger partial charge in [-0.3, -0.25) is 0 Å². The Balaban J connectivity index is 2.32. The van der Waals surface area contributed by atoms with Crippen LogP contribution in [0, 0.1) is 5.82 Å². The van der Waals surface area contributed by atoms with Crippen LogP contribution < -0.4 is 0 Å². The van der Waals surface area contributed by atoms with E-state index >= 15 is 0 Å². The zero-order chi connectivity index (χ0) is 15.4. The van der Waals surface area contributed by atoms with E-state index in [1.54, 1.807) is 30.0 Å². The maximum atomic E-state index is 13.9. The fourth-order valence-corrected chi connectivity index (χ4v) is 3.16. The molecule has 0 saturated heterocycles. The van der Waals surface area contributed by atoms with Crippen LogP contribution in [0.1, 0.15) is 26.1 Å². The summed E-state index contributed by atoms with van der Waals surface area (Å²) in [6.07, 6.45) is 1.07. The average molecular weight is 345 g/mol. The summed E-state index contributed by atoms with van der Waals surface area (Å²) < 4.78 is 13.9. The minimum atomic E-state index is -0.397. The topological polar surface area (TPSA) is 25.8 Å². The van der Waals surface area contributed by atoms with Crippen molar-refractivity contribution in [3.63, 3.8) is 0 Å². The minimum Gasteiger partial charge on any atom is -0.220 e. The molecular weight excluding hydrogens is 330 g/mol. The van der Waals surface area contributed by atoms with Gasteiger partial charge in [-0.15, -0.1) is 0 Å². The molecule has 0 aliphatic heterocycles. The fraction of sp³-hybridized carbons (Fsp3) is 0.333. The molecule has 112 valence electrons. The Labute approximate surface area is 138 Å². The third kappa shape index (κ3) is 4.09. The monoisotopic (exact) mass is 344 g/mol. The Kier molecular flexibility index (Phi) is 5.85. The van der Waals surface area contributed by atoms with Gasteiger partial charge in [0.2, 0.25) is 0 Å². The van der Waals surface area contributed by atoms with E-state index in [2.05, 4.69) is 23.8 Å². The van der Waals surface area contributed by atoms with Crippen molar-refractivity contribution in [3.8, 4) is 11.1 Å². The van der Waals surface area contributed by atoms with Crippen LogP contribution in [0.15, 0.2) is 24.3 Å². The summed E-state index contributed by atoms with van der Waals surface area (Å²) in [5.74, 6) is 0.799. The molecule has 0 aliphatic rings. The Hall–Kier alpha value is -0.840. The zero-order valence-electron chi connectivity index (χ0n) is 11.7. The highest BCUT2D eigenvalue weighted by Gasteiger charge is 2.17. The first-order chi connectivity index (χ1) is 10.0. The number of benzene rings is 1. The van der Waals surface area contributed by atoms with Crippen molar-refractivity contribution in [2.45, 2.75) is 31.3 Å². The molecule has 0 amide bonds. The predicted molar refractivity (Wildman–Crippen MR) is 88.5 cm³/mol. The summed E-state index contributed by atoms with van der Waals surface area (Å²) in [7, 11) is 0. The molecule has 21 heavy (non-hydrogen) atoms. The number of thioether (sulfide) groups is 1. The number of halogens is 3. The minimum absolute atomic E-state index is 0.180. The summed E-state index contributed by atoms with van der Waals surface area (Å²) in [5, 5.41) is 0.872. The number of hydrogen-bond acceptors (Lipinski definition) is 3. The quantitative estimate of drug-likeness (QED) is 0.658. The maximum Gasteiger partial charge on any atom is 0.142 e. The summed E-state index contributed by atoms with van der Waals surface area (Å²) in [6.45, 7) is 4.27. The third-order valence-electron chi connectivity index (χ3n) is 3.08. The summed E-state index contributed by atoms with van der Waals surface area (Å²) in [6, 6.07) is 6.30. The first kappa shape index (κ1) is 16.5. The lowest BCUT2D eigenvalue weighted by atomic mass is 10.1. The molecule has 0 radical (unpaired) electrons. The van der Waals surface area contributed by atoms with Gasteiger partial charge in [0.15, 0.2) is 0 Å². The molecule has 0 fully saturated rings. The van der Waals surface area contributed by atoms with Gasteiger partial charge < -0.3 is 0 Å². The van der Waals surface area contributed by atoms with Gasteiger partial charge >= 0.3 is 0 Å². The molecule has 1 atom stereocenters. The second kappa shape index (κ2) is 7.43. The van der Waals surface area contributed by atoms with Gasteiger partial charge in [0.05, 0.1) is 11.3 Å². The zero-order valence-corrected chi connectivity index (χ0v) is 14.1. The highest BCUT2D eigenvalue weighted by molar-refractivity contribution is 7.99. The second-order valence-electron chi connectivity index (χ2n) is 4.61. The smallest absolute Gasteiger partial charge is 0.142 e. The molecule has 1 unspecified atom stereocenters. The molecule has 0 saturated carbocycles. The molecule has 1 heterocycles. The van der Waals surface area contributed by atoms with Gasteiger partial charge in [-0.1, -0.05) is 55.2 Å². The first-order valence-corrected chi connectivity index (χ1v) is 8.41. The van der Waals surface area contributed by atoms with Crippen molar-refractivity contribution < 1.29 is 4.39 Å². The van der Waals surface area contributed by atoms with E-state index in [1.807, 2.05) is 0 Å². The Bertz CT molecular complexity index is 614. The van der Waals surface area contributed by atoms with E-state index in [0.717, 1.165) is 6.42 Å². The van der Waals surface area contributed by atoms with Crippen LogP contribution in [0.5, 0.6) is 0 Å². The molecule has 2 rings (SSSR count). The van der Waals surface area contributed by atoms with Crippen molar-refractivity contribution in [2.75, 3.05) is 0 Å². The van der Waals surface area contributed by atoms with E-state index in [4.69, 9.17) is 23.2 Å². The highest BCUT2D eigenvalue weighted by atomic mass is 35.5. The van der Waals surface area contributed by atoms with Crippen LogP contribution in [0.25, 0.3) is 11.1 Å². The molecular formula is C15H15Cl2FN2S. The molecule has 1 aromatic heterocycles. The number of aromatic nitrogens is 2. The summed E-state index contributed by atoms with van der Waals surface area (Å²) in [4.78, 5) is 8.48. The van der Waals surface area contributed by atoms with Crippen LogP contribution in [0.2, 0.25) is 10.3 Å². The largest absolute Gasteiger partial charge is 0.220 e. The van der Waals surface area contributed by atoms with E-state index in [0.29, 0.717) is 28.0 Å². The Morgan fingerprint density at radius 3 is 2.38 bits per heavy atom. The van der Waals surface area contributed by atoms with Crippen molar-refractivity contribution in [1.82, 2.24) is 9.97 Å². The molecule has 1 aromatic carbocycles. The standard InChI is InChI=1S/C15H15Cl2FN2S/c1-3-9(2)21-8-12-19-14(16)13(15(17)20-12)10-6-4-5-7-11(10)18/h4-7,9H,3,8H2,1-2H3. The van der Waals surface area contributed by atoms with Crippen molar-refractivity contribution in [3.05, 3.63) is 46.2 Å². The van der Waals surface area contributed by atoms with Crippen LogP contribution in [0.4, 0.5) is 4.39 Å². The second-order valence-corrected chi connectivity index (χ2v) is 6.75. The Morgan fingerprint density at radius 1 is 1.19 bits per heavy atom. The lowest BCUT2D eigenvalue weighted by Gasteiger charge is -2.11. The molecule has 0 spiro atoms. The number of rotatable bonds is 5. The average Bonchev–Trinajstić information content (AvgIpc) is 2.46. The van der Waals surface area contributed by atoms with Crippen LogP contribution >= 0.6 is 35.0 Å². The Morgan fingerprint density at radius 2 is 1.81 bits per heavy atom. The van der Waals surface area contributed by atoms with Gasteiger partial charge in [0, 0.05) is 10.8 Å². The number of nitrogens with zero attached hydrogens (tertiary/aromatic N) is 2. The van der Waals surface area contributed by atoms with Gasteiger partial charge in [0.25, 0.3) is 0 Å². The van der Waals surface area contributed by atoms with Crippen molar-refractivity contribution >= 4 is 35.0 Å². The van der Waals surface area contributed by atoms with Crippen LogP contribution in [-0.4, -0.2) is 15.2 Å². The molecule has 0 aliphatic carbocycles. The van der Waals surface area contributed by atoms with E-state index in [-0.39, 0.29) is 10.3 Å². The predicted octanol–water partition coefficient (Wildman–Crippen LogP) is 5.62. The molecule has 2 nitrogen and oxygen atoms in total. The summed E-state index contributed by atoms with van der Waals surface area (Å²) in [5.41, 5.74) is 0.655. The number of hydrogen-bond donors (Lipinski definition) is 0. The van der Waals surface area contributed by atoms with Gasteiger partial charge in [-0.05, 0) is 12.5 Å². The third-order valence-corrected chi connectivity index (χ3v) is 4.96. The molecule has 2 aromatic rings.